The van der Waals surface area contributed by atoms with Crippen LogP contribution in [0.2, 0.25) is 0 Å². The predicted molar refractivity (Wildman–Crippen MR) is 145 cm³/mol. The number of fused-ring (bicyclic) bond motifs is 1. The minimum absolute atomic E-state index is 0. The normalized spacial score (nSPS) is 19.3. The molecule has 0 spiro atoms. The Balaban J connectivity index is 0.00000308. The summed E-state index contributed by atoms with van der Waals surface area (Å²) < 4.78 is 44.5. The Labute approximate surface area is 223 Å². The average molecular weight is 537 g/mol. The van der Waals surface area contributed by atoms with Gasteiger partial charge in [-0.25, -0.2) is 13.1 Å². The minimum Gasteiger partial charge on any atom is -0.454 e. The van der Waals surface area contributed by atoms with Crippen LogP contribution in [-0.4, -0.2) is 40.4 Å². The Morgan fingerprint density at radius 3 is 2.55 bits per heavy atom. The van der Waals surface area contributed by atoms with Gasteiger partial charge in [0.1, 0.15) is 0 Å². The highest BCUT2D eigenvalue weighted by Crippen LogP contribution is 2.51. The van der Waals surface area contributed by atoms with Crippen molar-refractivity contribution in [2.24, 2.45) is 0 Å². The lowest BCUT2D eigenvalue weighted by molar-refractivity contribution is -0.118. The fraction of sp³-hybridized carbons (Fsp3) is 0.345. The van der Waals surface area contributed by atoms with Crippen LogP contribution in [0.25, 0.3) is 11.1 Å². The van der Waals surface area contributed by atoms with Crippen molar-refractivity contribution in [2.45, 2.75) is 49.0 Å². The molecular formula is C29H32N2O6S. The molecule has 2 heterocycles. The zero-order valence-corrected chi connectivity index (χ0v) is 22.0. The average Bonchev–Trinajstić information content (AvgIpc) is 3.32. The topological polar surface area (TPSA) is 103 Å². The molecule has 2 aliphatic heterocycles. The lowest BCUT2D eigenvalue weighted by Gasteiger charge is -2.17. The molecule has 2 fully saturated rings. The van der Waals surface area contributed by atoms with E-state index < -0.39 is 15.4 Å². The van der Waals surface area contributed by atoms with Gasteiger partial charge in [0.15, 0.2) is 11.5 Å². The van der Waals surface area contributed by atoms with E-state index in [2.05, 4.69) is 10.0 Å². The Morgan fingerprint density at radius 1 is 1.03 bits per heavy atom. The third-order valence-corrected chi connectivity index (χ3v) is 9.05. The smallest absolute Gasteiger partial charge is 0.240 e. The number of hydrogen-bond acceptors (Lipinski definition) is 6. The molecule has 3 aliphatic rings. The van der Waals surface area contributed by atoms with Crippen molar-refractivity contribution in [2.75, 3.05) is 25.3 Å². The quantitative estimate of drug-likeness (QED) is 0.430. The number of ether oxygens (including phenoxy) is 3. The molecule has 200 valence electrons. The number of carbonyl (C=O) groups is 1. The van der Waals surface area contributed by atoms with Crippen molar-refractivity contribution in [1.29, 1.82) is 0 Å². The monoisotopic (exact) mass is 536 g/mol. The molecule has 3 aromatic rings. The SMILES string of the molecule is Cc1ccc(NC(=O)C2(c3ccc4c(c3)OCO4)CC2)cc1-c1ccc(S(=O)(=O)NC[C@@H]2CCCO2)cc1.[HH]. The molecule has 1 amide bonds. The van der Waals surface area contributed by atoms with Gasteiger partial charge in [-0.05, 0) is 91.3 Å². The molecule has 38 heavy (non-hydrogen) atoms. The zero-order valence-electron chi connectivity index (χ0n) is 21.2. The number of hydrogen-bond donors (Lipinski definition) is 2. The summed E-state index contributed by atoms with van der Waals surface area (Å²) in [5.41, 5.74) is 3.86. The maximum absolute atomic E-state index is 13.4. The second-order valence-corrected chi connectivity index (χ2v) is 11.9. The van der Waals surface area contributed by atoms with Crippen LogP contribution in [0, 0.1) is 6.92 Å². The lowest BCUT2D eigenvalue weighted by Crippen LogP contribution is -2.31. The third-order valence-electron chi connectivity index (χ3n) is 7.61. The Morgan fingerprint density at radius 2 is 1.82 bits per heavy atom. The largest absolute Gasteiger partial charge is 0.454 e. The van der Waals surface area contributed by atoms with E-state index in [9.17, 15) is 13.2 Å². The van der Waals surface area contributed by atoms with Gasteiger partial charge in [0, 0.05) is 20.3 Å². The molecule has 3 aromatic carbocycles. The van der Waals surface area contributed by atoms with Gasteiger partial charge in [0.25, 0.3) is 0 Å². The highest BCUT2D eigenvalue weighted by atomic mass is 32.2. The molecule has 1 aliphatic carbocycles. The van der Waals surface area contributed by atoms with E-state index in [-0.39, 0.29) is 31.7 Å². The first-order chi connectivity index (χ1) is 18.3. The second kappa shape index (κ2) is 9.72. The molecule has 0 aromatic heterocycles. The fourth-order valence-electron chi connectivity index (χ4n) is 5.13. The number of rotatable bonds is 8. The molecule has 0 radical (unpaired) electrons. The van der Waals surface area contributed by atoms with E-state index in [1.54, 1.807) is 24.3 Å². The van der Waals surface area contributed by atoms with Crippen LogP contribution < -0.4 is 19.5 Å². The van der Waals surface area contributed by atoms with Crippen LogP contribution in [0.5, 0.6) is 11.5 Å². The number of sulfonamides is 1. The Kier molecular flexibility index (Phi) is 6.37. The summed E-state index contributed by atoms with van der Waals surface area (Å²) in [6.45, 7) is 3.14. The fourth-order valence-corrected chi connectivity index (χ4v) is 6.20. The van der Waals surface area contributed by atoms with E-state index in [4.69, 9.17) is 14.2 Å². The van der Waals surface area contributed by atoms with E-state index in [1.807, 2.05) is 43.3 Å². The maximum atomic E-state index is 13.4. The molecule has 1 saturated heterocycles. The Hall–Kier alpha value is -3.40. The highest BCUT2D eigenvalue weighted by molar-refractivity contribution is 7.89. The van der Waals surface area contributed by atoms with E-state index in [0.717, 1.165) is 47.9 Å². The first-order valence-electron chi connectivity index (χ1n) is 12.9. The molecule has 0 bridgehead atoms. The van der Waals surface area contributed by atoms with Gasteiger partial charge >= 0.3 is 0 Å². The van der Waals surface area contributed by atoms with Gasteiger partial charge in [-0.15, -0.1) is 0 Å². The Bertz CT molecular complexity index is 1480. The van der Waals surface area contributed by atoms with Crippen molar-refractivity contribution >= 4 is 21.6 Å². The molecule has 1 saturated carbocycles. The molecule has 2 N–H and O–H groups in total. The van der Waals surface area contributed by atoms with Crippen LogP contribution in [0.4, 0.5) is 5.69 Å². The van der Waals surface area contributed by atoms with Gasteiger partial charge < -0.3 is 19.5 Å². The van der Waals surface area contributed by atoms with Crippen LogP contribution in [0.15, 0.2) is 65.6 Å². The van der Waals surface area contributed by atoms with Crippen molar-refractivity contribution < 1.29 is 28.8 Å². The third kappa shape index (κ3) is 4.77. The van der Waals surface area contributed by atoms with Crippen molar-refractivity contribution in [3.8, 4) is 22.6 Å². The summed E-state index contributed by atoms with van der Waals surface area (Å²) in [5, 5.41) is 3.10. The van der Waals surface area contributed by atoms with Crippen LogP contribution in [0.3, 0.4) is 0 Å². The summed E-state index contributed by atoms with van der Waals surface area (Å²) in [4.78, 5) is 13.6. The molecule has 0 unspecified atom stereocenters. The van der Waals surface area contributed by atoms with Crippen molar-refractivity contribution in [1.82, 2.24) is 4.72 Å². The number of nitrogens with one attached hydrogen (secondary N) is 2. The number of aryl methyl sites for hydroxylation is 1. The van der Waals surface area contributed by atoms with Gasteiger partial charge in [0.05, 0.1) is 16.4 Å². The number of amides is 1. The minimum atomic E-state index is -3.62. The lowest BCUT2D eigenvalue weighted by atomic mass is 9.94. The summed E-state index contributed by atoms with van der Waals surface area (Å²) >= 11 is 0. The first-order valence-corrected chi connectivity index (χ1v) is 14.4. The summed E-state index contributed by atoms with van der Waals surface area (Å²) in [7, 11) is -3.62. The van der Waals surface area contributed by atoms with E-state index in [0.29, 0.717) is 23.8 Å². The van der Waals surface area contributed by atoms with E-state index in [1.165, 1.54) is 0 Å². The zero-order chi connectivity index (χ0) is 26.3. The van der Waals surface area contributed by atoms with E-state index >= 15 is 0 Å². The highest BCUT2D eigenvalue weighted by Gasteiger charge is 2.51. The maximum Gasteiger partial charge on any atom is 0.240 e. The molecule has 6 rings (SSSR count). The summed E-state index contributed by atoms with van der Waals surface area (Å²) in [6.07, 6.45) is 3.30. The second-order valence-electron chi connectivity index (χ2n) is 10.1. The van der Waals surface area contributed by atoms with Crippen LogP contribution in [-0.2, 0) is 25.0 Å². The van der Waals surface area contributed by atoms with Gasteiger partial charge in [-0.3, -0.25) is 4.79 Å². The first kappa shape index (κ1) is 24.9. The summed E-state index contributed by atoms with van der Waals surface area (Å²) in [6, 6.07) is 18.3. The van der Waals surface area contributed by atoms with Crippen LogP contribution >= 0.6 is 0 Å². The number of benzene rings is 3. The number of anilines is 1. The molecule has 8 nitrogen and oxygen atoms in total. The van der Waals surface area contributed by atoms with Gasteiger partial charge in [-0.2, -0.15) is 0 Å². The summed E-state index contributed by atoms with van der Waals surface area (Å²) in [5.74, 6) is 1.32. The predicted octanol–water partition coefficient (Wildman–Crippen LogP) is 4.76. The van der Waals surface area contributed by atoms with Crippen molar-refractivity contribution in [3.63, 3.8) is 0 Å². The molecule has 1 atom stereocenters. The van der Waals surface area contributed by atoms with Gasteiger partial charge in [-0.1, -0.05) is 24.3 Å². The van der Waals surface area contributed by atoms with Gasteiger partial charge in [0.2, 0.25) is 22.7 Å². The van der Waals surface area contributed by atoms with Crippen molar-refractivity contribution in [3.05, 3.63) is 71.8 Å². The number of carbonyl (C=O) groups excluding carboxylic acids is 1. The molecule has 9 heteroatoms. The standard InChI is InChI=1S/C29H30N2O6S.H2/c1-19-4-8-22(31-28(32)29(12-13-29)21-7-11-26-27(15-21)37-18-36-26)16-25(19)20-5-9-24(10-6-20)38(33,34)30-17-23-3-2-14-35-23;/h4-11,15-16,23,30H,2-3,12-14,17-18H2,1H3,(H,31,32);1H/t23-;/m0./s1. The van der Waals surface area contributed by atoms with Crippen LogP contribution in [0.1, 0.15) is 38.2 Å². The molecular weight excluding hydrogens is 504 g/mol.